The summed E-state index contributed by atoms with van der Waals surface area (Å²) < 4.78 is 20.2. The molecule has 0 amide bonds. The number of aromatic nitrogens is 1. The number of hydrogen-bond donors (Lipinski definition) is 0. The van der Waals surface area contributed by atoms with E-state index < -0.39 is 5.60 Å². The minimum Gasteiger partial charge on any atom is -0.361 e. The van der Waals surface area contributed by atoms with Crippen molar-refractivity contribution in [3.8, 4) is 11.1 Å². The van der Waals surface area contributed by atoms with Gasteiger partial charge in [-0.3, -0.25) is 4.98 Å². The van der Waals surface area contributed by atoms with Crippen molar-refractivity contribution in [1.29, 1.82) is 0 Å². The van der Waals surface area contributed by atoms with Crippen LogP contribution in [0.3, 0.4) is 0 Å². The van der Waals surface area contributed by atoms with Crippen LogP contribution in [0.1, 0.15) is 29.5 Å². The Labute approximate surface area is 188 Å². The van der Waals surface area contributed by atoms with E-state index >= 15 is 0 Å². The largest absolute Gasteiger partial charge is 0.361 e. The van der Waals surface area contributed by atoms with Gasteiger partial charge in [0.05, 0.1) is 12.1 Å². The predicted octanol–water partition coefficient (Wildman–Crippen LogP) is 6.16. The van der Waals surface area contributed by atoms with Crippen LogP contribution in [-0.2, 0) is 16.9 Å². The molecule has 4 aromatic rings. The highest BCUT2D eigenvalue weighted by molar-refractivity contribution is 5.83. The van der Waals surface area contributed by atoms with Crippen molar-refractivity contribution >= 4 is 10.9 Å². The highest BCUT2D eigenvalue weighted by Gasteiger charge is 2.41. The lowest BCUT2D eigenvalue weighted by molar-refractivity contribution is -0.0140. The van der Waals surface area contributed by atoms with Crippen molar-refractivity contribution in [1.82, 2.24) is 9.88 Å². The third-order valence-corrected chi connectivity index (χ3v) is 6.38. The molecule has 0 spiro atoms. The van der Waals surface area contributed by atoms with Crippen molar-refractivity contribution in [2.24, 2.45) is 0 Å². The first-order valence-electron chi connectivity index (χ1n) is 11.1. The molecule has 3 aromatic carbocycles. The number of halogens is 1. The fourth-order valence-electron chi connectivity index (χ4n) is 4.75. The first-order valence-corrected chi connectivity index (χ1v) is 11.1. The summed E-state index contributed by atoms with van der Waals surface area (Å²) in [5, 5.41) is 1.13. The zero-order valence-electron chi connectivity index (χ0n) is 18.5. The predicted molar refractivity (Wildman–Crippen MR) is 127 cm³/mol. The van der Waals surface area contributed by atoms with Gasteiger partial charge in [-0.25, -0.2) is 4.39 Å². The molecule has 0 N–H and O–H groups in total. The SMILES string of the molecule is CN(C)CCCC1(c2ccc(F)cc2)OCc2cc(-c3cnc4ccccc4c3)ccc21. The molecule has 0 fully saturated rings. The summed E-state index contributed by atoms with van der Waals surface area (Å²) in [6.45, 7) is 1.52. The molecule has 0 radical (unpaired) electrons. The summed E-state index contributed by atoms with van der Waals surface area (Å²) >= 11 is 0. The van der Waals surface area contributed by atoms with Crippen LogP contribution in [0.25, 0.3) is 22.0 Å². The Kier molecular flexibility index (Phi) is 5.50. The van der Waals surface area contributed by atoms with E-state index in [0.717, 1.165) is 47.0 Å². The molecule has 1 aliphatic heterocycles. The second-order valence-electron chi connectivity index (χ2n) is 8.82. The van der Waals surface area contributed by atoms with E-state index in [1.807, 2.05) is 36.5 Å². The van der Waals surface area contributed by atoms with Crippen LogP contribution in [0.4, 0.5) is 4.39 Å². The smallest absolute Gasteiger partial charge is 0.123 e. The molecule has 0 saturated heterocycles. The van der Waals surface area contributed by atoms with E-state index in [-0.39, 0.29) is 5.82 Å². The zero-order valence-corrected chi connectivity index (χ0v) is 18.5. The second kappa shape index (κ2) is 8.45. The molecule has 1 aliphatic rings. The molecule has 1 atom stereocenters. The highest BCUT2D eigenvalue weighted by Crippen LogP contribution is 2.46. The van der Waals surface area contributed by atoms with Gasteiger partial charge in [-0.1, -0.05) is 42.5 Å². The Balaban J connectivity index is 1.54. The maximum absolute atomic E-state index is 13.7. The molecule has 162 valence electrons. The summed E-state index contributed by atoms with van der Waals surface area (Å²) in [5.41, 5.74) is 6.06. The fourth-order valence-corrected chi connectivity index (χ4v) is 4.75. The standard InChI is InChI=1S/C28H27FN2O/c1-31(2)15-5-14-28(24-9-11-25(29)12-10-24)26-13-8-20(16-23(26)19-32-28)22-17-21-6-3-4-7-27(21)30-18-22/h3-4,6-13,16-18H,5,14-15,19H2,1-2H3. The topological polar surface area (TPSA) is 25.4 Å². The molecule has 3 nitrogen and oxygen atoms in total. The average molecular weight is 427 g/mol. The normalized spacial score (nSPS) is 17.8. The first-order chi connectivity index (χ1) is 15.5. The summed E-state index contributed by atoms with van der Waals surface area (Å²) in [5.74, 6) is -0.227. The minimum absolute atomic E-state index is 0.227. The molecule has 0 saturated carbocycles. The third kappa shape index (κ3) is 3.81. The Bertz CT molecular complexity index is 1250. The molecule has 0 bridgehead atoms. The molecule has 32 heavy (non-hydrogen) atoms. The number of pyridine rings is 1. The van der Waals surface area contributed by atoms with Crippen molar-refractivity contribution in [3.63, 3.8) is 0 Å². The van der Waals surface area contributed by atoms with Crippen LogP contribution in [0.5, 0.6) is 0 Å². The van der Waals surface area contributed by atoms with Gasteiger partial charge in [-0.05, 0) is 86.1 Å². The zero-order chi connectivity index (χ0) is 22.1. The van der Waals surface area contributed by atoms with E-state index in [2.05, 4.69) is 54.3 Å². The van der Waals surface area contributed by atoms with Gasteiger partial charge in [0.2, 0.25) is 0 Å². The van der Waals surface area contributed by atoms with Gasteiger partial charge < -0.3 is 9.64 Å². The Hall–Kier alpha value is -3.08. The van der Waals surface area contributed by atoms with Gasteiger partial charge in [0.25, 0.3) is 0 Å². The molecular formula is C28H27FN2O. The Morgan fingerprint density at radius 1 is 0.969 bits per heavy atom. The lowest BCUT2D eigenvalue weighted by atomic mass is 9.81. The molecule has 2 heterocycles. The number of nitrogens with zero attached hydrogens (tertiary/aromatic N) is 2. The van der Waals surface area contributed by atoms with Crippen LogP contribution in [-0.4, -0.2) is 30.5 Å². The first kappa shape index (κ1) is 20.8. The third-order valence-electron chi connectivity index (χ3n) is 6.38. The molecule has 5 rings (SSSR count). The Morgan fingerprint density at radius 2 is 1.78 bits per heavy atom. The molecule has 1 aromatic heterocycles. The maximum atomic E-state index is 13.7. The number of ether oxygens (including phenoxy) is 1. The van der Waals surface area contributed by atoms with E-state index in [4.69, 9.17) is 4.74 Å². The summed E-state index contributed by atoms with van der Waals surface area (Å²) in [6.07, 6.45) is 3.77. The molecular weight excluding hydrogens is 399 g/mol. The highest BCUT2D eigenvalue weighted by atomic mass is 19.1. The van der Waals surface area contributed by atoms with E-state index in [1.54, 1.807) is 0 Å². The maximum Gasteiger partial charge on any atom is 0.123 e. The van der Waals surface area contributed by atoms with Gasteiger partial charge in [0.1, 0.15) is 11.4 Å². The van der Waals surface area contributed by atoms with Crippen LogP contribution < -0.4 is 0 Å². The number of hydrogen-bond acceptors (Lipinski definition) is 3. The second-order valence-corrected chi connectivity index (χ2v) is 8.82. The van der Waals surface area contributed by atoms with Crippen LogP contribution in [0.2, 0.25) is 0 Å². The monoisotopic (exact) mass is 426 g/mol. The van der Waals surface area contributed by atoms with Gasteiger partial charge in [-0.15, -0.1) is 0 Å². The van der Waals surface area contributed by atoms with E-state index in [0.29, 0.717) is 6.61 Å². The van der Waals surface area contributed by atoms with E-state index in [9.17, 15) is 4.39 Å². The summed E-state index contributed by atoms with van der Waals surface area (Å²) in [6, 6.07) is 23.7. The number of fused-ring (bicyclic) bond motifs is 2. The summed E-state index contributed by atoms with van der Waals surface area (Å²) in [4.78, 5) is 6.81. The quantitative estimate of drug-likeness (QED) is 0.369. The van der Waals surface area contributed by atoms with Gasteiger partial charge in [0.15, 0.2) is 0 Å². The molecule has 0 aliphatic carbocycles. The van der Waals surface area contributed by atoms with Gasteiger partial charge in [0, 0.05) is 17.1 Å². The van der Waals surface area contributed by atoms with E-state index in [1.165, 1.54) is 23.3 Å². The van der Waals surface area contributed by atoms with Crippen molar-refractivity contribution in [2.45, 2.75) is 25.0 Å². The average Bonchev–Trinajstić information content (AvgIpc) is 3.18. The van der Waals surface area contributed by atoms with Crippen LogP contribution >= 0.6 is 0 Å². The van der Waals surface area contributed by atoms with Crippen LogP contribution in [0.15, 0.2) is 79.0 Å². The van der Waals surface area contributed by atoms with Crippen molar-refractivity contribution < 1.29 is 9.13 Å². The molecule has 4 heteroatoms. The minimum atomic E-state index is -0.542. The van der Waals surface area contributed by atoms with Crippen molar-refractivity contribution in [3.05, 3.63) is 102 Å². The van der Waals surface area contributed by atoms with Gasteiger partial charge >= 0.3 is 0 Å². The lowest BCUT2D eigenvalue weighted by Crippen LogP contribution is -2.28. The number of para-hydroxylation sites is 1. The van der Waals surface area contributed by atoms with Crippen molar-refractivity contribution in [2.75, 3.05) is 20.6 Å². The Morgan fingerprint density at radius 3 is 2.59 bits per heavy atom. The molecule has 1 unspecified atom stereocenters. The fraction of sp³-hybridized carbons (Fsp3) is 0.250. The summed E-state index contributed by atoms with van der Waals surface area (Å²) in [7, 11) is 4.16. The number of rotatable bonds is 6. The van der Waals surface area contributed by atoms with Crippen LogP contribution in [0, 0.1) is 5.82 Å². The number of benzene rings is 3. The van der Waals surface area contributed by atoms with Gasteiger partial charge in [-0.2, -0.15) is 0 Å². The lowest BCUT2D eigenvalue weighted by Gasteiger charge is -2.31.